The molecule has 0 saturated carbocycles. The Morgan fingerprint density at radius 1 is 1.14 bits per heavy atom. The monoisotopic (exact) mass is 182 g/mol. The van der Waals surface area contributed by atoms with Gasteiger partial charge in [0.05, 0.1) is 0 Å². The van der Waals surface area contributed by atoms with Crippen LogP contribution in [-0.2, 0) is 6.42 Å². The molecule has 14 heavy (non-hydrogen) atoms. The molecular formula is C14H14. The van der Waals surface area contributed by atoms with Crippen molar-refractivity contribution in [1.82, 2.24) is 0 Å². The van der Waals surface area contributed by atoms with E-state index in [9.17, 15) is 0 Å². The molecule has 0 spiro atoms. The minimum Gasteiger partial charge on any atom is -0.0985 e. The van der Waals surface area contributed by atoms with Crippen LogP contribution < -0.4 is 0 Å². The fraction of sp³-hybridized carbons (Fsp3) is 0.143. The second-order valence-electron chi connectivity index (χ2n) is 3.41. The lowest BCUT2D eigenvalue weighted by Gasteiger charge is -2.07. The van der Waals surface area contributed by atoms with Crippen LogP contribution >= 0.6 is 0 Å². The van der Waals surface area contributed by atoms with E-state index in [-0.39, 0.29) is 0 Å². The third kappa shape index (κ3) is 1.33. The summed E-state index contributed by atoms with van der Waals surface area (Å²) in [4.78, 5) is 0. The molecule has 2 aromatic rings. The number of hydrogen-bond donors (Lipinski definition) is 0. The molecule has 0 unspecified atom stereocenters. The highest BCUT2D eigenvalue weighted by molar-refractivity contribution is 5.88. The molecule has 0 aromatic heterocycles. The molecule has 0 aliphatic rings. The molecule has 0 heterocycles. The average molecular weight is 182 g/mol. The number of fused-ring (bicyclic) bond motifs is 1. The fourth-order valence-corrected chi connectivity index (χ4v) is 1.94. The van der Waals surface area contributed by atoms with Gasteiger partial charge in [-0.3, -0.25) is 0 Å². The van der Waals surface area contributed by atoms with Gasteiger partial charge in [0.25, 0.3) is 0 Å². The number of rotatable bonds is 2. The third-order valence-corrected chi connectivity index (χ3v) is 2.65. The predicted molar refractivity (Wildman–Crippen MR) is 63.4 cm³/mol. The largest absolute Gasteiger partial charge is 0.0985 e. The van der Waals surface area contributed by atoms with Gasteiger partial charge in [-0.1, -0.05) is 56.0 Å². The van der Waals surface area contributed by atoms with Crippen LogP contribution in [0.15, 0.2) is 43.0 Å². The summed E-state index contributed by atoms with van der Waals surface area (Å²) in [7, 11) is 0. The summed E-state index contributed by atoms with van der Waals surface area (Å²) in [5.74, 6) is 0. The molecule has 0 aliphatic carbocycles. The first-order valence-electron chi connectivity index (χ1n) is 5.00. The minimum absolute atomic E-state index is 1.06. The molecule has 0 aliphatic heterocycles. The van der Waals surface area contributed by atoms with E-state index in [1.165, 1.54) is 21.9 Å². The minimum atomic E-state index is 1.06. The Bertz CT molecular complexity index is 466. The van der Waals surface area contributed by atoms with Gasteiger partial charge in [-0.25, -0.2) is 0 Å². The van der Waals surface area contributed by atoms with E-state index >= 15 is 0 Å². The number of aryl methyl sites for hydroxylation is 1. The van der Waals surface area contributed by atoms with E-state index in [0.29, 0.717) is 0 Å². The van der Waals surface area contributed by atoms with Crippen LogP contribution in [0.5, 0.6) is 0 Å². The fourth-order valence-electron chi connectivity index (χ4n) is 1.94. The van der Waals surface area contributed by atoms with Crippen molar-refractivity contribution in [2.75, 3.05) is 0 Å². The summed E-state index contributed by atoms with van der Waals surface area (Å²) in [6.07, 6.45) is 2.99. The molecule has 0 fully saturated rings. The van der Waals surface area contributed by atoms with Crippen molar-refractivity contribution in [3.05, 3.63) is 54.1 Å². The summed E-state index contributed by atoms with van der Waals surface area (Å²) in [5, 5.41) is 2.67. The van der Waals surface area contributed by atoms with Crippen molar-refractivity contribution in [2.24, 2.45) is 0 Å². The van der Waals surface area contributed by atoms with E-state index in [1.807, 2.05) is 6.08 Å². The lowest BCUT2D eigenvalue weighted by atomic mass is 9.97. The summed E-state index contributed by atoms with van der Waals surface area (Å²) < 4.78 is 0. The summed E-state index contributed by atoms with van der Waals surface area (Å²) in [6.45, 7) is 6.04. The van der Waals surface area contributed by atoms with Crippen LogP contribution in [0, 0.1) is 0 Å². The first-order chi connectivity index (χ1) is 6.86. The van der Waals surface area contributed by atoms with Crippen molar-refractivity contribution in [1.29, 1.82) is 0 Å². The SMILES string of the molecule is C=Cc1ccc2ccccc2c1CC. The standard InChI is InChI=1S/C14H14/c1-3-11-9-10-12-7-5-6-8-14(12)13(11)4-2/h3,5-10H,1,4H2,2H3. The van der Waals surface area contributed by atoms with Crippen LogP contribution in [0.2, 0.25) is 0 Å². The average Bonchev–Trinajstić information content (AvgIpc) is 2.27. The molecule has 0 nitrogen and oxygen atoms in total. The van der Waals surface area contributed by atoms with Gasteiger partial charge in [0, 0.05) is 0 Å². The molecular weight excluding hydrogens is 168 g/mol. The molecule has 2 aromatic carbocycles. The summed E-state index contributed by atoms with van der Waals surface area (Å²) in [6, 6.07) is 12.8. The Hall–Kier alpha value is -1.56. The van der Waals surface area contributed by atoms with Gasteiger partial charge in [0.2, 0.25) is 0 Å². The molecule has 0 saturated heterocycles. The Kier molecular flexibility index (Phi) is 2.36. The maximum atomic E-state index is 3.85. The maximum Gasteiger partial charge on any atom is -0.0146 e. The smallest absolute Gasteiger partial charge is 0.0146 e. The Balaban J connectivity index is 2.83. The van der Waals surface area contributed by atoms with Crippen molar-refractivity contribution in [3.8, 4) is 0 Å². The first-order valence-corrected chi connectivity index (χ1v) is 5.00. The number of hydrogen-bond acceptors (Lipinski definition) is 0. The van der Waals surface area contributed by atoms with Crippen molar-refractivity contribution < 1.29 is 0 Å². The van der Waals surface area contributed by atoms with Gasteiger partial charge in [-0.15, -0.1) is 0 Å². The third-order valence-electron chi connectivity index (χ3n) is 2.65. The Morgan fingerprint density at radius 2 is 1.93 bits per heavy atom. The molecule has 2 rings (SSSR count). The van der Waals surface area contributed by atoms with Gasteiger partial charge in [-0.2, -0.15) is 0 Å². The Labute approximate surface area is 84.9 Å². The van der Waals surface area contributed by atoms with Crippen molar-refractivity contribution >= 4 is 16.8 Å². The topological polar surface area (TPSA) is 0 Å². The highest BCUT2D eigenvalue weighted by atomic mass is 14.1. The van der Waals surface area contributed by atoms with Gasteiger partial charge in [0.1, 0.15) is 0 Å². The van der Waals surface area contributed by atoms with Gasteiger partial charge < -0.3 is 0 Å². The molecule has 70 valence electrons. The predicted octanol–water partition coefficient (Wildman–Crippen LogP) is 4.05. The lowest BCUT2D eigenvalue weighted by molar-refractivity contribution is 1.15. The van der Waals surface area contributed by atoms with Crippen LogP contribution in [-0.4, -0.2) is 0 Å². The van der Waals surface area contributed by atoms with Crippen LogP contribution in [0.1, 0.15) is 18.1 Å². The van der Waals surface area contributed by atoms with Crippen molar-refractivity contribution in [3.63, 3.8) is 0 Å². The normalized spacial score (nSPS) is 10.4. The molecule has 0 atom stereocenters. The molecule has 0 radical (unpaired) electrons. The van der Waals surface area contributed by atoms with Crippen LogP contribution in [0.25, 0.3) is 16.8 Å². The first kappa shape index (κ1) is 9.01. The zero-order chi connectivity index (χ0) is 9.97. The van der Waals surface area contributed by atoms with E-state index in [4.69, 9.17) is 0 Å². The Morgan fingerprint density at radius 3 is 2.64 bits per heavy atom. The van der Waals surface area contributed by atoms with Gasteiger partial charge in [0.15, 0.2) is 0 Å². The number of benzene rings is 2. The van der Waals surface area contributed by atoms with Gasteiger partial charge >= 0.3 is 0 Å². The molecule has 0 bridgehead atoms. The van der Waals surface area contributed by atoms with Gasteiger partial charge in [-0.05, 0) is 28.3 Å². The van der Waals surface area contributed by atoms with Crippen LogP contribution in [0.4, 0.5) is 0 Å². The summed E-state index contributed by atoms with van der Waals surface area (Å²) >= 11 is 0. The highest BCUT2D eigenvalue weighted by Crippen LogP contribution is 2.23. The van der Waals surface area contributed by atoms with E-state index in [2.05, 4.69) is 49.9 Å². The zero-order valence-corrected chi connectivity index (χ0v) is 8.46. The molecule has 0 amide bonds. The van der Waals surface area contributed by atoms with Crippen molar-refractivity contribution in [2.45, 2.75) is 13.3 Å². The highest BCUT2D eigenvalue weighted by Gasteiger charge is 2.02. The molecule has 0 heteroatoms. The van der Waals surface area contributed by atoms with Crippen LogP contribution in [0.3, 0.4) is 0 Å². The summed E-state index contributed by atoms with van der Waals surface area (Å²) in [5.41, 5.74) is 2.66. The zero-order valence-electron chi connectivity index (χ0n) is 8.46. The van der Waals surface area contributed by atoms with E-state index < -0.39 is 0 Å². The van der Waals surface area contributed by atoms with E-state index in [0.717, 1.165) is 6.42 Å². The second-order valence-corrected chi connectivity index (χ2v) is 3.41. The quantitative estimate of drug-likeness (QED) is 0.657. The maximum absolute atomic E-state index is 3.85. The van der Waals surface area contributed by atoms with E-state index in [1.54, 1.807) is 0 Å². The second kappa shape index (κ2) is 3.67. The molecule has 0 N–H and O–H groups in total. The lowest BCUT2D eigenvalue weighted by Crippen LogP contribution is -1.88.